The zero-order valence-corrected chi connectivity index (χ0v) is 25.8. The first-order valence-corrected chi connectivity index (χ1v) is 15.9. The van der Waals surface area contributed by atoms with Crippen molar-refractivity contribution in [3.05, 3.63) is 89.5 Å². The third-order valence-electron chi connectivity index (χ3n) is 7.42. The van der Waals surface area contributed by atoms with E-state index in [-0.39, 0.29) is 36.9 Å². The van der Waals surface area contributed by atoms with Crippen LogP contribution in [0.2, 0.25) is 0 Å². The Balaban J connectivity index is 1.26. The SMILES string of the molecule is O=C(CCCCCC(=O)Nc1cccc(C2OC(CSc3nnnn3-c3ccc(O)cc3)CC(c3ccc(CO)cc3)O2)c1)NO. The fraction of sp³-hybridized carbons (Fsp3) is 0.344. The number of aromatic nitrogens is 4. The average Bonchev–Trinajstić information content (AvgIpc) is 3.56. The van der Waals surface area contributed by atoms with Gasteiger partial charge in [-0.05, 0) is 70.8 Å². The molecule has 2 amide bonds. The molecule has 14 heteroatoms. The van der Waals surface area contributed by atoms with Gasteiger partial charge in [-0.25, -0.2) is 5.48 Å². The number of ether oxygens (including phenoxy) is 2. The monoisotopic (exact) mass is 648 g/mol. The van der Waals surface area contributed by atoms with E-state index >= 15 is 0 Å². The van der Waals surface area contributed by atoms with Gasteiger partial charge in [0, 0.05) is 36.3 Å². The Hall–Kier alpha value is -4.34. The van der Waals surface area contributed by atoms with Crippen LogP contribution in [0, 0.1) is 0 Å². The van der Waals surface area contributed by atoms with Gasteiger partial charge < -0.3 is 25.0 Å². The number of unbranched alkanes of at least 4 members (excludes halogenated alkanes) is 2. The Bertz CT molecular complexity index is 1580. The molecule has 242 valence electrons. The number of rotatable bonds is 14. The minimum absolute atomic E-state index is 0.0497. The van der Waals surface area contributed by atoms with Gasteiger partial charge in [-0.15, -0.1) is 5.10 Å². The number of hydrogen-bond acceptors (Lipinski definition) is 11. The van der Waals surface area contributed by atoms with Gasteiger partial charge in [0.1, 0.15) is 5.75 Å². The molecule has 0 bridgehead atoms. The Morgan fingerprint density at radius 2 is 1.70 bits per heavy atom. The van der Waals surface area contributed by atoms with Crippen molar-refractivity contribution in [2.75, 3.05) is 11.1 Å². The predicted octanol–water partition coefficient (Wildman–Crippen LogP) is 4.59. The van der Waals surface area contributed by atoms with E-state index in [0.29, 0.717) is 54.4 Å². The largest absolute Gasteiger partial charge is 0.508 e. The van der Waals surface area contributed by atoms with Crippen molar-refractivity contribution >= 4 is 29.3 Å². The number of phenolic OH excluding ortho intramolecular Hbond substituents is 1. The van der Waals surface area contributed by atoms with E-state index < -0.39 is 12.2 Å². The zero-order valence-electron chi connectivity index (χ0n) is 25.0. The number of nitrogens with one attached hydrogen (secondary N) is 2. The topological polar surface area (TPSA) is 181 Å². The lowest BCUT2D eigenvalue weighted by molar-refractivity contribution is -0.245. The first kappa shape index (κ1) is 33.0. The van der Waals surface area contributed by atoms with Crippen molar-refractivity contribution in [3.63, 3.8) is 0 Å². The van der Waals surface area contributed by atoms with Crippen molar-refractivity contribution in [3.8, 4) is 11.4 Å². The van der Waals surface area contributed by atoms with Crippen LogP contribution in [0.3, 0.4) is 0 Å². The van der Waals surface area contributed by atoms with E-state index in [1.165, 1.54) is 11.8 Å². The van der Waals surface area contributed by atoms with Crippen LogP contribution in [0.5, 0.6) is 5.75 Å². The zero-order chi connectivity index (χ0) is 32.3. The standard InChI is InChI=1S/C32H36N6O7S/c39-19-21-9-11-22(12-10-21)28-18-27(20-46-32-34-36-37-38(32)25-13-15-26(40)16-14-25)44-31(45-28)23-5-4-6-24(17-23)33-29(41)7-2-1-3-8-30(42)35-43/h4-6,9-17,27-28,31,39-40,43H,1-3,7-8,18-20H2,(H,33,41)(H,35,42). The highest BCUT2D eigenvalue weighted by Gasteiger charge is 2.33. The quantitative estimate of drug-likeness (QED) is 0.0558. The number of hydroxylamine groups is 1. The van der Waals surface area contributed by atoms with Crippen molar-refractivity contribution in [2.24, 2.45) is 0 Å². The van der Waals surface area contributed by atoms with E-state index in [1.54, 1.807) is 40.5 Å². The number of hydrogen-bond donors (Lipinski definition) is 5. The van der Waals surface area contributed by atoms with E-state index in [0.717, 1.165) is 16.7 Å². The summed E-state index contributed by atoms with van der Waals surface area (Å²) in [6, 6.07) is 21.6. The number of nitrogens with zero attached hydrogens (tertiary/aromatic N) is 4. The summed E-state index contributed by atoms with van der Waals surface area (Å²) in [6.07, 6.45) is 1.71. The molecule has 1 saturated heterocycles. The fourth-order valence-electron chi connectivity index (χ4n) is 5.01. The van der Waals surface area contributed by atoms with E-state index in [9.17, 15) is 19.8 Å². The summed E-state index contributed by atoms with van der Waals surface area (Å²) in [5, 5.41) is 43.4. The Morgan fingerprint density at radius 3 is 2.43 bits per heavy atom. The number of phenols is 1. The number of aliphatic hydroxyl groups is 1. The van der Waals surface area contributed by atoms with Gasteiger partial charge in [0.25, 0.3) is 0 Å². The summed E-state index contributed by atoms with van der Waals surface area (Å²) < 4.78 is 14.5. The fourth-order valence-corrected chi connectivity index (χ4v) is 5.91. The second-order valence-electron chi connectivity index (χ2n) is 10.8. The van der Waals surface area contributed by atoms with Crippen LogP contribution in [0.25, 0.3) is 5.69 Å². The molecule has 0 saturated carbocycles. The molecule has 0 radical (unpaired) electrons. The van der Waals surface area contributed by atoms with Gasteiger partial charge >= 0.3 is 0 Å². The molecule has 0 aliphatic carbocycles. The van der Waals surface area contributed by atoms with Gasteiger partial charge in [0.15, 0.2) is 6.29 Å². The molecular weight excluding hydrogens is 612 g/mol. The van der Waals surface area contributed by atoms with Crippen LogP contribution >= 0.6 is 11.8 Å². The Morgan fingerprint density at radius 1 is 0.935 bits per heavy atom. The summed E-state index contributed by atoms with van der Waals surface area (Å²) >= 11 is 1.44. The Labute approximate surface area is 269 Å². The molecule has 1 fully saturated rings. The maximum absolute atomic E-state index is 12.6. The lowest BCUT2D eigenvalue weighted by Gasteiger charge is -2.36. The summed E-state index contributed by atoms with van der Waals surface area (Å²) in [6.45, 7) is -0.0497. The molecule has 13 nitrogen and oxygen atoms in total. The highest BCUT2D eigenvalue weighted by atomic mass is 32.2. The van der Waals surface area contributed by atoms with Crippen molar-refractivity contribution in [2.45, 2.75) is 68.8 Å². The highest BCUT2D eigenvalue weighted by Crippen LogP contribution is 2.40. The lowest BCUT2D eigenvalue weighted by Crippen LogP contribution is -2.31. The molecule has 2 heterocycles. The molecule has 3 atom stereocenters. The smallest absolute Gasteiger partial charge is 0.243 e. The number of carbonyl (C=O) groups is 2. The molecule has 5 rings (SSSR count). The van der Waals surface area contributed by atoms with Crippen molar-refractivity contribution < 1.29 is 34.5 Å². The van der Waals surface area contributed by atoms with E-state index in [4.69, 9.17) is 14.7 Å². The number of amides is 2. The predicted molar refractivity (Wildman–Crippen MR) is 168 cm³/mol. The molecule has 5 N–H and O–H groups in total. The number of aliphatic hydroxyl groups excluding tert-OH is 1. The van der Waals surface area contributed by atoms with Crippen molar-refractivity contribution in [1.29, 1.82) is 0 Å². The minimum Gasteiger partial charge on any atom is -0.508 e. The second-order valence-corrected chi connectivity index (χ2v) is 11.8. The molecule has 3 aromatic carbocycles. The van der Waals surface area contributed by atoms with Crippen LogP contribution in [-0.4, -0.2) is 59.3 Å². The Kier molecular flexibility index (Phi) is 11.7. The highest BCUT2D eigenvalue weighted by molar-refractivity contribution is 7.99. The summed E-state index contributed by atoms with van der Waals surface area (Å²) in [5.41, 5.74) is 5.44. The summed E-state index contributed by atoms with van der Waals surface area (Å²) in [4.78, 5) is 23.7. The van der Waals surface area contributed by atoms with Gasteiger partial charge in [0.2, 0.25) is 17.0 Å². The molecule has 4 aromatic rings. The maximum atomic E-state index is 12.6. The number of aromatic hydroxyl groups is 1. The van der Waals surface area contributed by atoms with Crippen LogP contribution < -0.4 is 10.8 Å². The number of carbonyl (C=O) groups excluding carboxylic acids is 2. The molecule has 3 unspecified atom stereocenters. The molecule has 1 aliphatic rings. The number of benzene rings is 3. The van der Waals surface area contributed by atoms with E-state index in [2.05, 4.69) is 20.8 Å². The minimum atomic E-state index is -0.718. The molecular formula is C32H36N6O7S. The third kappa shape index (κ3) is 9.11. The normalized spacial score (nSPS) is 17.8. The van der Waals surface area contributed by atoms with Gasteiger partial charge in [-0.1, -0.05) is 54.6 Å². The van der Waals surface area contributed by atoms with Gasteiger partial charge in [-0.3, -0.25) is 14.8 Å². The van der Waals surface area contributed by atoms with Crippen molar-refractivity contribution in [1.82, 2.24) is 25.7 Å². The molecule has 1 aromatic heterocycles. The number of thioether (sulfide) groups is 1. The molecule has 0 spiro atoms. The maximum Gasteiger partial charge on any atom is 0.243 e. The third-order valence-corrected chi connectivity index (χ3v) is 8.47. The summed E-state index contributed by atoms with van der Waals surface area (Å²) in [5.74, 6) is 0.0982. The lowest BCUT2D eigenvalue weighted by atomic mass is 10.0. The van der Waals surface area contributed by atoms with Crippen LogP contribution in [0.15, 0.2) is 78.0 Å². The molecule has 1 aliphatic heterocycles. The summed E-state index contributed by atoms with van der Waals surface area (Å²) in [7, 11) is 0. The van der Waals surface area contributed by atoms with Crippen LogP contribution in [-0.2, 0) is 25.7 Å². The van der Waals surface area contributed by atoms with Gasteiger partial charge in [0.05, 0.1) is 24.5 Å². The average molecular weight is 649 g/mol. The van der Waals surface area contributed by atoms with Gasteiger partial charge in [-0.2, -0.15) is 4.68 Å². The first-order chi connectivity index (χ1) is 22.4. The number of anilines is 1. The van der Waals surface area contributed by atoms with Crippen LogP contribution in [0.4, 0.5) is 5.69 Å². The number of tetrazole rings is 1. The molecule has 46 heavy (non-hydrogen) atoms. The van der Waals surface area contributed by atoms with Crippen LogP contribution in [0.1, 0.15) is 67.6 Å². The van der Waals surface area contributed by atoms with E-state index in [1.807, 2.05) is 42.5 Å². The first-order valence-electron chi connectivity index (χ1n) is 15.0. The second kappa shape index (κ2) is 16.3.